The van der Waals surface area contributed by atoms with E-state index in [-0.39, 0.29) is 0 Å². The van der Waals surface area contributed by atoms with Crippen LogP contribution in [0.15, 0.2) is 28.7 Å². The molecule has 0 spiro atoms. The third-order valence-electron chi connectivity index (χ3n) is 4.09. The molecule has 2 aliphatic heterocycles. The van der Waals surface area contributed by atoms with Crippen molar-refractivity contribution in [2.75, 3.05) is 50.8 Å². The molecule has 0 aromatic heterocycles. The normalized spacial score (nSPS) is 24.9. The minimum Gasteiger partial charge on any atom is -0.381 e. The maximum absolute atomic E-state index is 5.46. The van der Waals surface area contributed by atoms with E-state index < -0.39 is 0 Å². The molecule has 0 N–H and O–H groups in total. The summed E-state index contributed by atoms with van der Waals surface area (Å²) >= 11 is 3.55. The van der Waals surface area contributed by atoms with E-state index in [1.54, 1.807) is 0 Å². The van der Waals surface area contributed by atoms with E-state index in [0.29, 0.717) is 0 Å². The summed E-state index contributed by atoms with van der Waals surface area (Å²) in [7, 11) is 0. The van der Waals surface area contributed by atoms with Gasteiger partial charge in [0.15, 0.2) is 0 Å². The molecule has 4 heteroatoms. The second kappa shape index (κ2) is 6.25. The molecule has 3 nitrogen and oxygen atoms in total. The van der Waals surface area contributed by atoms with Crippen LogP contribution in [-0.4, -0.2) is 50.8 Å². The molecule has 2 aliphatic rings. The highest BCUT2D eigenvalue weighted by atomic mass is 79.9. The van der Waals surface area contributed by atoms with Crippen molar-refractivity contribution in [1.29, 1.82) is 0 Å². The Kier molecular flexibility index (Phi) is 4.41. The highest BCUT2D eigenvalue weighted by Gasteiger charge is 2.22. The summed E-state index contributed by atoms with van der Waals surface area (Å²) in [4.78, 5) is 5.07. The van der Waals surface area contributed by atoms with Crippen molar-refractivity contribution in [3.63, 3.8) is 0 Å². The van der Waals surface area contributed by atoms with Crippen LogP contribution in [0.3, 0.4) is 0 Å². The Hall–Kier alpha value is -0.580. The van der Waals surface area contributed by atoms with Gasteiger partial charge in [0.25, 0.3) is 0 Å². The van der Waals surface area contributed by atoms with Gasteiger partial charge in [0.1, 0.15) is 0 Å². The van der Waals surface area contributed by atoms with Gasteiger partial charge < -0.3 is 9.64 Å². The first-order valence-corrected chi connectivity index (χ1v) is 7.91. The fourth-order valence-electron chi connectivity index (χ4n) is 2.95. The zero-order chi connectivity index (χ0) is 13.1. The summed E-state index contributed by atoms with van der Waals surface area (Å²) in [5, 5.41) is 0. The molecular weight excluding hydrogens is 304 g/mol. The Bertz CT molecular complexity index is 412. The summed E-state index contributed by atoms with van der Waals surface area (Å²) in [5.41, 5.74) is 1.33. The molecule has 0 unspecified atom stereocenters. The highest BCUT2D eigenvalue weighted by molar-refractivity contribution is 9.10. The monoisotopic (exact) mass is 324 g/mol. The van der Waals surface area contributed by atoms with Crippen LogP contribution in [0.5, 0.6) is 0 Å². The standard InChI is InChI=1S/C15H21BrN2O/c16-14-2-1-3-15(10-14)18-7-5-17(6-8-18)11-13-4-9-19-12-13/h1-3,10,13H,4-9,11-12H2/t13-/m0/s1. The predicted octanol–water partition coefficient (Wildman–Crippen LogP) is 2.61. The van der Waals surface area contributed by atoms with Gasteiger partial charge >= 0.3 is 0 Å². The van der Waals surface area contributed by atoms with E-state index in [2.05, 4.69) is 50.0 Å². The van der Waals surface area contributed by atoms with Crippen LogP contribution < -0.4 is 4.90 Å². The van der Waals surface area contributed by atoms with Crippen LogP contribution in [0.4, 0.5) is 5.69 Å². The van der Waals surface area contributed by atoms with Gasteiger partial charge in [-0.05, 0) is 30.5 Å². The maximum atomic E-state index is 5.46. The summed E-state index contributed by atoms with van der Waals surface area (Å²) in [5.74, 6) is 0.761. The van der Waals surface area contributed by atoms with E-state index in [0.717, 1.165) is 36.7 Å². The molecule has 0 bridgehead atoms. The molecule has 3 rings (SSSR count). The number of benzene rings is 1. The lowest BCUT2D eigenvalue weighted by Crippen LogP contribution is -2.47. The zero-order valence-corrected chi connectivity index (χ0v) is 12.8. The first-order chi connectivity index (χ1) is 9.31. The van der Waals surface area contributed by atoms with Crippen molar-refractivity contribution in [3.8, 4) is 0 Å². The van der Waals surface area contributed by atoms with Crippen molar-refractivity contribution in [3.05, 3.63) is 28.7 Å². The number of hydrogen-bond acceptors (Lipinski definition) is 3. The van der Waals surface area contributed by atoms with E-state index in [1.807, 2.05) is 0 Å². The van der Waals surface area contributed by atoms with Crippen molar-refractivity contribution in [2.24, 2.45) is 5.92 Å². The second-order valence-electron chi connectivity index (χ2n) is 5.50. The lowest BCUT2D eigenvalue weighted by atomic mass is 10.1. The number of anilines is 1. The summed E-state index contributed by atoms with van der Waals surface area (Å²) < 4.78 is 6.62. The van der Waals surface area contributed by atoms with E-state index >= 15 is 0 Å². The molecule has 104 valence electrons. The average Bonchev–Trinajstić information content (AvgIpc) is 2.92. The topological polar surface area (TPSA) is 15.7 Å². The van der Waals surface area contributed by atoms with Crippen LogP contribution in [0.2, 0.25) is 0 Å². The largest absolute Gasteiger partial charge is 0.381 e. The van der Waals surface area contributed by atoms with Crippen LogP contribution in [-0.2, 0) is 4.74 Å². The van der Waals surface area contributed by atoms with E-state index in [1.165, 1.54) is 31.7 Å². The van der Waals surface area contributed by atoms with Gasteiger partial charge in [0, 0.05) is 49.5 Å². The number of nitrogens with zero attached hydrogens (tertiary/aromatic N) is 2. The van der Waals surface area contributed by atoms with Crippen molar-refractivity contribution in [2.45, 2.75) is 6.42 Å². The lowest BCUT2D eigenvalue weighted by Gasteiger charge is -2.37. The lowest BCUT2D eigenvalue weighted by molar-refractivity contribution is 0.164. The first kappa shape index (κ1) is 13.4. The van der Waals surface area contributed by atoms with Crippen LogP contribution in [0.25, 0.3) is 0 Å². The fourth-order valence-corrected chi connectivity index (χ4v) is 3.34. The van der Waals surface area contributed by atoms with Gasteiger partial charge in [-0.2, -0.15) is 0 Å². The van der Waals surface area contributed by atoms with Crippen LogP contribution >= 0.6 is 15.9 Å². The summed E-state index contributed by atoms with van der Waals surface area (Å²) in [6, 6.07) is 8.60. The minimum atomic E-state index is 0.761. The number of halogens is 1. The van der Waals surface area contributed by atoms with Gasteiger partial charge in [0.2, 0.25) is 0 Å². The van der Waals surface area contributed by atoms with E-state index in [9.17, 15) is 0 Å². The number of rotatable bonds is 3. The molecule has 0 amide bonds. The molecule has 1 aromatic rings. The molecule has 1 aromatic carbocycles. The number of piperazine rings is 1. The Morgan fingerprint density at radius 1 is 1.21 bits per heavy atom. The predicted molar refractivity (Wildman–Crippen MR) is 81.7 cm³/mol. The van der Waals surface area contributed by atoms with Crippen molar-refractivity contribution < 1.29 is 4.74 Å². The third-order valence-corrected chi connectivity index (χ3v) is 4.58. The highest BCUT2D eigenvalue weighted by Crippen LogP contribution is 2.22. The molecule has 2 heterocycles. The minimum absolute atomic E-state index is 0.761. The molecule has 2 fully saturated rings. The number of ether oxygens (including phenoxy) is 1. The Morgan fingerprint density at radius 2 is 2.05 bits per heavy atom. The van der Waals surface area contributed by atoms with Gasteiger partial charge in [-0.3, -0.25) is 4.90 Å². The van der Waals surface area contributed by atoms with Gasteiger partial charge in [-0.1, -0.05) is 22.0 Å². The number of hydrogen-bond donors (Lipinski definition) is 0. The van der Waals surface area contributed by atoms with Gasteiger partial charge in [-0.25, -0.2) is 0 Å². The van der Waals surface area contributed by atoms with Crippen LogP contribution in [0, 0.1) is 5.92 Å². The third kappa shape index (κ3) is 3.50. The van der Waals surface area contributed by atoms with Gasteiger partial charge in [-0.15, -0.1) is 0 Å². The first-order valence-electron chi connectivity index (χ1n) is 7.12. The van der Waals surface area contributed by atoms with Crippen molar-refractivity contribution in [1.82, 2.24) is 4.90 Å². The molecular formula is C15H21BrN2O. The summed E-state index contributed by atoms with van der Waals surface area (Å²) in [6.07, 6.45) is 1.24. The Morgan fingerprint density at radius 3 is 2.74 bits per heavy atom. The smallest absolute Gasteiger partial charge is 0.0507 e. The average molecular weight is 325 g/mol. The second-order valence-corrected chi connectivity index (χ2v) is 6.41. The molecule has 0 aliphatic carbocycles. The molecule has 1 atom stereocenters. The quantitative estimate of drug-likeness (QED) is 0.850. The Labute approximate surface area is 123 Å². The molecule has 2 saturated heterocycles. The van der Waals surface area contributed by atoms with E-state index in [4.69, 9.17) is 4.74 Å². The Balaban J connectivity index is 1.51. The maximum Gasteiger partial charge on any atom is 0.0507 e. The zero-order valence-electron chi connectivity index (χ0n) is 11.2. The molecule has 0 radical (unpaired) electrons. The fraction of sp³-hybridized carbons (Fsp3) is 0.600. The molecule has 19 heavy (non-hydrogen) atoms. The summed E-state index contributed by atoms with van der Waals surface area (Å²) in [6.45, 7) is 7.74. The van der Waals surface area contributed by atoms with Crippen molar-refractivity contribution >= 4 is 21.6 Å². The van der Waals surface area contributed by atoms with Gasteiger partial charge in [0.05, 0.1) is 6.61 Å². The van der Waals surface area contributed by atoms with Crippen LogP contribution in [0.1, 0.15) is 6.42 Å². The SMILES string of the molecule is Brc1cccc(N2CCN(C[C@@H]3CCOC3)CC2)c1. The molecule has 0 saturated carbocycles.